The van der Waals surface area contributed by atoms with Crippen molar-refractivity contribution in [1.82, 2.24) is 14.8 Å². The largest absolute Gasteiger partial charge is 0.268 e. The summed E-state index contributed by atoms with van der Waals surface area (Å²) in [6.07, 6.45) is 2.02. The number of hydrogen-bond donors (Lipinski definition) is 0. The van der Waals surface area contributed by atoms with Crippen molar-refractivity contribution >= 4 is 33.2 Å². The Kier molecular flexibility index (Phi) is 3.40. The van der Waals surface area contributed by atoms with Gasteiger partial charge in [-0.2, -0.15) is 5.10 Å². The van der Waals surface area contributed by atoms with E-state index < -0.39 is 0 Å². The summed E-state index contributed by atoms with van der Waals surface area (Å²) < 4.78 is 17.6. The second-order valence-corrected chi connectivity index (χ2v) is 7.48. The first-order valence-electron chi connectivity index (χ1n) is 8.09. The van der Waals surface area contributed by atoms with Gasteiger partial charge in [-0.25, -0.2) is 9.37 Å². The summed E-state index contributed by atoms with van der Waals surface area (Å²) >= 11 is 7.72. The van der Waals surface area contributed by atoms with Crippen LogP contribution in [0.2, 0.25) is 5.02 Å². The highest BCUT2D eigenvalue weighted by molar-refractivity contribution is 7.16. The molecule has 0 N–H and O–H groups in total. The van der Waals surface area contributed by atoms with Gasteiger partial charge in [0.2, 0.25) is 0 Å². The highest BCUT2D eigenvalue weighted by atomic mass is 35.5. The molecule has 2 aromatic heterocycles. The summed E-state index contributed by atoms with van der Waals surface area (Å²) in [4.78, 5) is 4.34. The van der Waals surface area contributed by atoms with Crippen molar-refractivity contribution < 1.29 is 4.39 Å². The van der Waals surface area contributed by atoms with E-state index in [1.807, 2.05) is 22.3 Å². The topological polar surface area (TPSA) is 30.7 Å². The molecule has 0 unspecified atom stereocenters. The Bertz CT molecular complexity index is 1120. The maximum atomic E-state index is 14.5. The van der Waals surface area contributed by atoms with Crippen molar-refractivity contribution in [2.45, 2.75) is 19.4 Å². The Balaban J connectivity index is 1.79. The Morgan fingerprint density at radius 1 is 1.16 bits per heavy atom. The highest BCUT2D eigenvalue weighted by Gasteiger charge is 2.25. The third-order valence-electron chi connectivity index (χ3n) is 4.64. The average Bonchev–Trinajstić information content (AvgIpc) is 3.30. The Morgan fingerprint density at radius 3 is 3.00 bits per heavy atom. The molecule has 0 aliphatic carbocycles. The molecule has 0 radical (unpaired) electrons. The van der Waals surface area contributed by atoms with Gasteiger partial charge in [0.1, 0.15) is 11.5 Å². The van der Waals surface area contributed by atoms with Crippen LogP contribution in [0.25, 0.3) is 32.6 Å². The number of halogens is 2. The maximum Gasteiger partial charge on any atom is 0.132 e. The molecule has 124 valence electrons. The van der Waals surface area contributed by atoms with Crippen LogP contribution in [0.4, 0.5) is 4.39 Å². The standard InChI is InChI=1S/C19H13ClFN3S/c20-12-4-5-14(21)13(9-12)19-18(16-2-1-7-24(16)23-19)11-3-6-15-17(8-11)25-10-22-15/h3-6,8-10H,1-2,7H2. The Hall–Kier alpha value is -2.24. The van der Waals surface area contributed by atoms with Gasteiger partial charge < -0.3 is 0 Å². The minimum Gasteiger partial charge on any atom is -0.268 e. The minimum atomic E-state index is -0.304. The molecule has 3 nitrogen and oxygen atoms in total. The summed E-state index contributed by atoms with van der Waals surface area (Å²) in [5, 5.41) is 5.22. The van der Waals surface area contributed by atoms with Crippen molar-refractivity contribution in [2.24, 2.45) is 0 Å². The number of aryl methyl sites for hydroxylation is 1. The van der Waals surface area contributed by atoms with Crippen molar-refractivity contribution in [1.29, 1.82) is 0 Å². The van der Waals surface area contributed by atoms with Crippen LogP contribution < -0.4 is 0 Å². The molecule has 3 heterocycles. The number of benzene rings is 2. The van der Waals surface area contributed by atoms with Crippen LogP contribution in [-0.2, 0) is 13.0 Å². The number of aromatic nitrogens is 3. The smallest absolute Gasteiger partial charge is 0.132 e. The molecule has 2 aromatic carbocycles. The number of thiazole rings is 1. The van der Waals surface area contributed by atoms with E-state index in [1.165, 1.54) is 11.8 Å². The molecular formula is C19H13ClFN3S. The number of rotatable bonds is 2. The second kappa shape index (κ2) is 5.64. The predicted molar refractivity (Wildman–Crippen MR) is 99.6 cm³/mol. The van der Waals surface area contributed by atoms with Gasteiger partial charge in [0.15, 0.2) is 0 Å². The number of fused-ring (bicyclic) bond motifs is 2. The van der Waals surface area contributed by atoms with E-state index in [0.717, 1.165) is 40.7 Å². The van der Waals surface area contributed by atoms with E-state index in [-0.39, 0.29) is 5.82 Å². The summed E-state index contributed by atoms with van der Waals surface area (Å²) in [7, 11) is 0. The van der Waals surface area contributed by atoms with Gasteiger partial charge in [-0.05, 0) is 48.7 Å². The number of hydrogen-bond acceptors (Lipinski definition) is 3. The molecule has 0 spiro atoms. The molecule has 0 atom stereocenters. The van der Waals surface area contributed by atoms with Gasteiger partial charge >= 0.3 is 0 Å². The van der Waals surface area contributed by atoms with E-state index in [0.29, 0.717) is 16.3 Å². The van der Waals surface area contributed by atoms with E-state index in [4.69, 9.17) is 16.7 Å². The summed E-state index contributed by atoms with van der Waals surface area (Å²) in [5.74, 6) is -0.304. The van der Waals surface area contributed by atoms with E-state index >= 15 is 0 Å². The predicted octanol–water partition coefficient (Wildman–Crippen LogP) is 5.57. The van der Waals surface area contributed by atoms with Gasteiger partial charge in [0.05, 0.1) is 15.7 Å². The zero-order chi connectivity index (χ0) is 17.0. The van der Waals surface area contributed by atoms with Crippen molar-refractivity contribution in [3.8, 4) is 22.4 Å². The normalized spacial score (nSPS) is 13.5. The molecule has 0 saturated heterocycles. The van der Waals surface area contributed by atoms with Gasteiger partial charge in [-0.1, -0.05) is 17.7 Å². The molecule has 0 amide bonds. The van der Waals surface area contributed by atoms with Gasteiger partial charge in [-0.15, -0.1) is 11.3 Å². The fraction of sp³-hybridized carbons (Fsp3) is 0.158. The maximum absolute atomic E-state index is 14.5. The van der Waals surface area contributed by atoms with E-state index in [1.54, 1.807) is 23.5 Å². The Labute approximate surface area is 152 Å². The lowest BCUT2D eigenvalue weighted by Gasteiger charge is -2.07. The van der Waals surface area contributed by atoms with Crippen molar-refractivity contribution in [2.75, 3.05) is 0 Å². The molecule has 6 heteroatoms. The molecule has 5 rings (SSSR count). The second-order valence-electron chi connectivity index (χ2n) is 6.16. The van der Waals surface area contributed by atoms with Crippen molar-refractivity contribution in [3.63, 3.8) is 0 Å². The molecule has 0 saturated carbocycles. The lowest BCUT2D eigenvalue weighted by molar-refractivity contribution is 0.627. The van der Waals surface area contributed by atoms with Crippen LogP contribution in [0.5, 0.6) is 0 Å². The first-order valence-corrected chi connectivity index (χ1v) is 9.35. The first kappa shape index (κ1) is 15.0. The van der Waals surface area contributed by atoms with Crippen molar-refractivity contribution in [3.05, 3.63) is 58.4 Å². The van der Waals surface area contributed by atoms with Crippen LogP contribution in [0, 0.1) is 5.82 Å². The third kappa shape index (κ3) is 2.38. The van der Waals surface area contributed by atoms with Gasteiger partial charge in [0, 0.05) is 28.4 Å². The summed E-state index contributed by atoms with van der Waals surface area (Å²) in [6, 6.07) is 10.8. The van der Waals surface area contributed by atoms with Crippen LogP contribution in [-0.4, -0.2) is 14.8 Å². The monoisotopic (exact) mass is 369 g/mol. The SMILES string of the molecule is Fc1ccc(Cl)cc1-c1nn2c(c1-c1ccc3ncsc3c1)CCC2. The number of nitrogens with zero attached hydrogens (tertiary/aromatic N) is 3. The molecule has 0 bridgehead atoms. The molecule has 1 aliphatic rings. The summed E-state index contributed by atoms with van der Waals surface area (Å²) in [6.45, 7) is 0.868. The zero-order valence-corrected chi connectivity index (χ0v) is 14.7. The van der Waals surface area contributed by atoms with Crippen LogP contribution in [0.15, 0.2) is 41.9 Å². The lowest BCUT2D eigenvalue weighted by Crippen LogP contribution is -1.94. The minimum absolute atomic E-state index is 0.304. The molecule has 1 aliphatic heterocycles. The van der Waals surface area contributed by atoms with E-state index in [2.05, 4.69) is 11.1 Å². The quantitative estimate of drug-likeness (QED) is 0.462. The molecule has 0 fully saturated rings. The van der Waals surface area contributed by atoms with Crippen LogP contribution in [0.3, 0.4) is 0 Å². The average molecular weight is 370 g/mol. The lowest BCUT2D eigenvalue weighted by atomic mass is 9.97. The zero-order valence-electron chi connectivity index (χ0n) is 13.2. The molecule has 25 heavy (non-hydrogen) atoms. The molecular weight excluding hydrogens is 357 g/mol. The Morgan fingerprint density at radius 2 is 2.08 bits per heavy atom. The summed E-state index contributed by atoms with van der Waals surface area (Å²) in [5.41, 5.74) is 7.16. The fourth-order valence-corrected chi connectivity index (χ4v) is 4.40. The van der Waals surface area contributed by atoms with Crippen LogP contribution >= 0.6 is 22.9 Å². The fourth-order valence-electron chi connectivity index (χ4n) is 3.51. The van der Waals surface area contributed by atoms with Gasteiger partial charge in [-0.3, -0.25) is 4.68 Å². The third-order valence-corrected chi connectivity index (χ3v) is 5.67. The first-order chi connectivity index (χ1) is 12.2. The molecule has 4 aromatic rings. The van der Waals surface area contributed by atoms with Crippen LogP contribution in [0.1, 0.15) is 12.1 Å². The highest BCUT2D eigenvalue weighted by Crippen LogP contribution is 2.40. The van der Waals surface area contributed by atoms with E-state index in [9.17, 15) is 4.39 Å². The van der Waals surface area contributed by atoms with Gasteiger partial charge in [0.25, 0.3) is 0 Å².